The molecule has 30 heavy (non-hydrogen) atoms. The normalized spacial score (nSPS) is 12.7. The average molecular weight is 399 g/mol. The highest BCUT2D eigenvalue weighted by atomic mass is 16.5. The van der Waals surface area contributed by atoms with Crippen LogP contribution in [0.25, 0.3) is 0 Å². The number of hydrogen-bond acceptors (Lipinski definition) is 5. The van der Waals surface area contributed by atoms with Gasteiger partial charge in [0.15, 0.2) is 5.84 Å². The molecular weight excluding hydrogens is 374 g/mol. The van der Waals surface area contributed by atoms with Crippen LogP contribution >= 0.6 is 0 Å². The SMILES string of the molecule is CCCCOc1ccc(C2=NNC(c3ccc(OC)cc3)=Nc3ccccc32)cc1. The number of methoxy groups -OCH3 is 1. The molecule has 0 radical (unpaired) electrons. The van der Waals surface area contributed by atoms with E-state index in [0.717, 1.165) is 59.0 Å². The second-order valence-corrected chi connectivity index (χ2v) is 7.00. The van der Waals surface area contributed by atoms with E-state index in [9.17, 15) is 0 Å². The number of amidine groups is 1. The maximum atomic E-state index is 5.79. The number of nitrogens with one attached hydrogen (secondary N) is 1. The van der Waals surface area contributed by atoms with Gasteiger partial charge in [0.25, 0.3) is 0 Å². The summed E-state index contributed by atoms with van der Waals surface area (Å²) in [6, 6.07) is 23.9. The number of benzene rings is 3. The molecule has 0 aromatic heterocycles. The van der Waals surface area contributed by atoms with Crippen LogP contribution in [0.4, 0.5) is 5.69 Å². The van der Waals surface area contributed by atoms with Crippen molar-refractivity contribution in [2.75, 3.05) is 13.7 Å². The van der Waals surface area contributed by atoms with E-state index in [1.807, 2.05) is 72.8 Å². The lowest BCUT2D eigenvalue weighted by atomic mass is 10.0. The van der Waals surface area contributed by atoms with Gasteiger partial charge in [0, 0.05) is 16.7 Å². The van der Waals surface area contributed by atoms with Crippen LogP contribution in [0.2, 0.25) is 0 Å². The first-order chi connectivity index (χ1) is 14.8. The molecule has 1 aliphatic rings. The van der Waals surface area contributed by atoms with Crippen molar-refractivity contribution in [2.45, 2.75) is 19.8 Å². The monoisotopic (exact) mass is 399 g/mol. The summed E-state index contributed by atoms with van der Waals surface area (Å²) in [5.41, 5.74) is 7.79. The van der Waals surface area contributed by atoms with E-state index in [-0.39, 0.29) is 0 Å². The topological polar surface area (TPSA) is 55.2 Å². The lowest BCUT2D eigenvalue weighted by molar-refractivity contribution is 0.309. The number of rotatable bonds is 7. The average Bonchev–Trinajstić information content (AvgIpc) is 3.00. The highest BCUT2D eigenvalue weighted by Gasteiger charge is 2.17. The van der Waals surface area contributed by atoms with Gasteiger partial charge in [-0.2, -0.15) is 5.10 Å². The fourth-order valence-corrected chi connectivity index (χ4v) is 3.23. The van der Waals surface area contributed by atoms with Crippen molar-refractivity contribution in [1.82, 2.24) is 5.43 Å². The van der Waals surface area contributed by atoms with E-state index < -0.39 is 0 Å². The summed E-state index contributed by atoms with van der Waals surface area (Å²) in [5, 5.41) is 4.70. The van der Waals surface area contributed by atoms with E-state index in [2.05, 4.69) is 12.3 Å². The second-order valence-electron chi connectivity index (χ2n) is 7.00. The fourth-order valence-electron chi connectivity index (χ4n) is 3.23. The van der Waals surface area contributed by atoms with Gasteiger partial charge in [0.1, 0.15) is 11.5 Å². The van der Waals surface area contributed by atoms with Crippen LogP contribution in [0.1, 0.15) is 36.5 Å². The molecule has 152 valence electrons. The van der Waals surface area contributed by atoms with E-state index in [1.54, 1.807) is 7.11 Å². The molecular formula is C25H25N3O2. The Morgan fingerprint density at radius 1 is 0.833 bits per heavy atom. The van der Waals surface area contributed by atoms with Gasteiger partial charge in [-0.05, 0) is 61.0 Å². The number of ether oxygens (including phenoxy) is 2. The third-order valence-electron chi connectivity index (χ3n) is 4.92. The summed E-state index contributed by atoms with van der Waals surface area (Å²) in [5.74, 6) is 2.37. The molecule has 0 atom stereocenters. The summed E-state index contributed by atoms with van der Waals surface area (Å²) in [7, 11) is 1.66. The quantitative estimate of drug-likeness (QED) is 0.548. The molecule has 5 heteroatoms. The Hall–Kier alpha value is -3.60. The van der Waals surface area contributed by atoms with Gasteiger partial charge in [-0.3, -0.25) is 5.43 Å². The molecule has 1 N–H and O–H groups in total. The number of fused-ring (bicyclic) bond motifs is 1. The number of nitrogens with zero attached hydrogens (tertiary/aromatic N) is 2. The van der Waals surface area contributed by atoms with Crippen molar-refractivity contribution in [3.05, 3.63) is 89.5 Å². The third-order valence-corrected chi connectivity index (χ3v) is 4.92. The lowest BCUT2D eigenvalue weighted by Gasteiger charge is -2.09. The van der Waals surface area contributed by atoms with Gasteiger partial charge in [-0.25, -0.2) is 4.99 Å². The first kappa shape index (κ1) is 19.7. The Kier molecular flexibility index (Phi) is 6.09. The third kappa shape index (κ3) is 4.35. The maximum Gasteiger partial charge on any atom is 0.154 e. The van der Waals surface area contributed by atoms with Crippen molar-refractivity contribution in [2.24, 2.45) is 10.1 Å². The summed E-state index contributed by atoms with van der Waals surface area (Å²) in [4.78, 5) is 4.83. The smallest absolute Gasteiger partial charge is 0.154 e. The molecule has 3 aromatic carbocycles. The van der Waals surface area contributed by atoms with Crippen molar-refractivity contribution in [3.63, 3.8) is 0 Å². The minimum absolute atomic E-state index is 0.694. The molecule has 0 fully saturated rings. The van der Waals surface area contributed by atoms with Crippen molar-refractivity contribution in [3.8, 4) is 11.5 Å². The highest BCUT2D eigenvalue weighted by molar-refractivity contribution is 6.18. The van der Waals surface area contributed by atoms with Crippen LogP contribution in [0.5, 0.6) is 11.5 Å². The number of hydrazone groups is 1. The van der Waals surface area contributed by atoms with Crippen LogP contribution in [0, 0.1) is 0 Å². The molecule has 0 bridgehead atoms. The fraction of sp³-hybridized carbons (Fsp3) is 0.200. The molecule has 0 saturated heterocycles. The summed E-state index contributed by atoms with van der Waals surface area (Å²) in [6.45, 7) is 2.89. The summed E-state index contributed by atoms with van der Waals surface area (Å²) >= 11 is 0. The first-order valence-corrected chi connectivity index (χ1v) is 10.2. The molecule has 1 aliphatic heterocycles. The molecule has 0 spiro atoms. The number of para-hydroxylation sites is 1. The van der Waals surface area contributed by atoms with E-state index in [1.165, 1.54) is 0 Å². The minimum Gasteiger partial charge on any atom is -0.497 e. The Morgan fingerprint density at radius 2 is 1.53 bits per heavy atom. The van der Waals surface area contributed by atoms with Crippen LogP contribution < -0.4 is 14.9 Å². The Balaban J connectivity index is 1.65. The minimum atomic E-state index is 0.694. The van der Waals surface area contributed by atoms with Gasteiger partial charge < -0.3 is 9.47 Å². The Labute approximate surface area is 177 Å². The van der Waals surface area contributed by atoms with Crippen LogP contribution in [0.3, 0.4) is 0 Å². The van der Waals surface area contributed by atoms with Crippen LogP contribution in [-0.2, 0) is 0 Å². The van der Waals surface area contributed by atoms with Crippen LogP contribution in [-0.4, -0.2) is 25.3 Å². The zero-order valence-corrected chi connectivity index (χ0v) is 17.3. The van der Waals surface area contributed by atoms with Gasteiger partial charge in [-0.15, -0.1) is 0 Å². The van der Waals surface area contributed by atoms with Gasteiger partial charge in [0.2, 0.25) is 0 Å². The second kappa shape index (κ2) is 9.27. The predicted molar refractivity (Wildman–Crippen MR) is 121 cm³/mol. The zero-order valence-electron chi connectivity index (χ0n) is 17.3. The summed E-state index contributed by atoms with van der Waals surface area (Å²) < 4.78 is 11.0. The molecule has 1 heterocycles. The maximum absolute atomic E-state index is 5.79. The van der Waals surface area contributed by atoms with E-state index in [0.29, 0.717) is 5.84 Å². The summed E-state index contributed by atoms with van der Waals surface area (Å²) in [6.07, 6.45) is 2.17. The molecule has 5 nitrogen and oxygen atoms in total. The van der Waals surface area contributed by atoms with Crippen LogP contribution in [0.15, 0.2) is 82.9 Å². The zero-order chi connectivity index (χ0) is 20.8. The standard InChI is InChI=1S/C25H25N3O2/c1-3-4-17-30-21-15-9-18(10-16-21)24-22-7-5-6-8-23(22)26-25(28-27-24)19-11-13-20(29-2)14-12-19/h5-16H,3-4,17H2,1-2H3,(H,26,28). The highest BCUT2D eigenvalue weighted by Crippen LogP contribution is 2.26. The number of unbranched alkanes of at least 4 members (excludes halogenated alkanes) is 1. The van der Waals surface area contributed by atoms with Gasteiger partial charge >= 0.3 is 0 Å². The first-order valence-electron chi connectivity index (χ1n) is 10.2. The Morgan fingerprint density at radius 3 is 2.27 bits per heavy atom. The molecule has 3 aromatic rings. The molecule has 0 amide bonds. The molecule has 0 unspecified atom stereocenters. The van der Waals surface area contributed by atoms with Gasteiger partial charge in [-0.1, -0.05) is 31.5 Å². The molecule has 0 saturated carbocycles. The predicted octanol–water partition coefficient (Wildman–Crippen LogP) is 5.31. The van der Waals surface area contributed by atoms with E-state index in [4.69, 9.17) is 19.6 Å². The molecule has 4 rings (SSSR count). The largest absolute Gasteiger partial charge is 0.497 e. The number of aliphatic imine (C=N–C) groups is 1. The van der Waals surface area contributed by atoms with Crippen molar-refractivity contribution in [1.29, 1.82) is 0 Å². The van der Waals surface area contributed by atoms with Gasteiger partial charge in [0.05, 0.1) is 25.1 Å². The van der Waals surface area contributed by atoms with E-state index >= 15 is 0 Å². The van der Waals surface area contributed by atoms with Crippen molar-refractivity contribution >= 4 is 17.2 Å². The lowest BCUT2D eigenvalue weighted by Crippen LogP contribution is -2.19. The number of hydrogen-bond donors (Lipinski definition) is 1. The molecule has 0 aliphatic carbocycles. The Bertz CT molecular complexity index is 1050. The van der Waals surface area contributed by atoms with Crippen molar-refractivity contribution < 1.29 is 9.47 Å².